The Morgan fingerprint density at radius 3 is 2.58 bits per heavy atom. The maximum Gasteiger partial charge on any atom is 0.303 e. The lowest BCUT2D eigenvalue weighted by atomic mass is 10.1. The lowest BCUT2D eigenvalue weighted by Crippen LogP contribution is -2.35. The first kappa shape index (κ1) is 18.7. The van der Waals surface area contributed by atoms with Gasteiger partial charge in [-0.3, -0.25) is 14.5 Å². The Kier molecular flexibility index (Phi) is 6.49. The van der Waals surface area contributed by atoms with Gasteiger partial charge in [0.15, 0.2) is 0 Å². The molecule has 7 heteroatoms. The third kappa shape index (κ3) is 5.45. The highest BCUT2D eigenvalue weighted by molar-refractivity contribution is 7.13. The van der Waals surface area contributed by atoms with Gasteiger partial charge in [0.2, 0.25) is 0 Å². The van der Waals surface area contributed by atoms with E-state index in [1.807, 2.05) is 5.38 Å². The third-order valence-corrected chi connectivity index (χ3v) is 5.20. The summed E-state index contributed by atoms with van der Waals surface area (Å²) in [4.78, 5) is 29.2. The highest BCUT2D eigenvalue weighted by Gasteiger charge is 2.12. The van der Waals surface area contributed by atoms with Gasteiger partial charge >= 0.3 is 5.97 Å². The van der Waals surface area contributed by atoms with Gasteiger partial charge in [-0.1, -0.05) is 24.3 Å². The number of aromatic nitrogens is 1. The van der Waals surface area contributed by atoms with E-state index in [-0.39, 0.29) is 25.0 Å². The number of ether oxygens (including phenoxy) is 1. The number of carboxylic acid groups (broad SMARTS) is 1. The van der Waals surface area contributed by atoms with Crippen LogP contribution in [0.25, 0.3) is 10.6 Å². The number of thiazole rings is 1. The Hall–Kier alpha value is -2.09. The fourth-order valence-electron chi connectivity index (χ4n) is 2.83. The summed E-state index contributed by atoms with van der Waals surface area (Å²) in [6.07, 6.45) is 0.123. The van der Waals surface area contributed by atoms with Crippen molar-refractivity contribution in [2.75, 3.05) is 26.3 Å². The summed E-state index contributed by atoms with van der Waals surface area (Å²) < 4.78 is 5.37. The molecule has 0 bridgehead atoms. The third-order valence-electron chi connectivity index (χ3n) is 4.26. The van der Waals surface area contributed by atoms with Crippen LogP contribution in [0, 0.1) is 0 Å². The summed E-state index contributed by atoms with van der Waals surface area (Å²) in [6.45, 7) is 4.45. The minimum absolute atomic E-state index is 0.0540. The molecule has 0 unspecified atom stereocenters. The zero-order chi connectivity index (χ0) is 18.4. The quantitative estimate of drug-likeness (QED) is 0.765. The SMILES string of the molecule is O=C(O)CCC(=O)Cc1csc(-c2ccc(CN3CCOCC3)cc2)n1. The topological polar surface area (TPSA) is 79.7 Å². The van der Waals surface area contributed by atoms with Gasteiger partial charge in [-0.05, 0) is 5.56 Å². The Bertz CT molecular complexity index is 751. The van der Waals surface area contributed by atoms with E-state index in [0.717, 1.165) is 43.4 Å². The Labute approximate surface area is 156 Å². The van der Waals surface area contributed by atoms with Crippen LogP contribution >= 0.6 is 11.3 Å². The van der Waals surface area contributed by atoms with Gasteiger partial charge in [-0.25, -0.2) is 4.98 Å². The maximum atomic E-state index is 11.8. The van der Waals surface area contributed by atoms with Crippen molar-refractivity contribution < 1.29 is 19.4 Å². The molecule has 26 heavy (non-hydrogen) atoms. The molecule has 1 aromatic heterocycles. The number of Topliss-reactive ketones (excluding diaryl/α,β-unsaturated/α-hetero) is 1. The first-order valence-electron chi connectivity index (χ1n) is 8.67. The molecule has 0 spiro atoms. The average Bonchev–Trinajstić information content (AvgIpc) is 3.10. The number of nitrogens with zero attached hydrogens (tertiary/aromatic N) is 2. The molecule has 1 fully saturated rings. The standard InChI is InChI=1S/C19H22N2O4S/c22-17(5-6-18(23)24)11-16-13-26-19(20-16)15-3-1-14(2-4-15)12-21-7-9-25-10-8-21/h1-4,13H,5-12H2,(H,23,24). The van der Waals surface area contributed by atoms with Crippen LogP contribution in [0.2, 0.25) is 0 Å². The number of carbonyl (C=O) groups excluding carboxylic acids is 1. The number of ketones is 1. The van der Waals surface area contributed by atoms with Crippen LogP contribution in [0.15, 0.2) is 29.6 Å². The fourth-order valence-corrected chi connectivity index (χ4v) is 3.65. The molecule has 138 valence electrons. The number of aliphatic carboxylic acids is 1. The van der Waals surface area contributed by atoms with Gasteiger partial charge in [0.25, 0.3) is 0 Å². The molecule has 1 aliphatic rings. The van der Waals surface area contributed by atoms with Crippen molar-refractivity contribution in [1.29, 1.82) is 0 Å². The van der Waals surface area contributed by atoms with Crippen LogP contribution in [0.4, 0.5) is 0 Å². The van der Waals surface area contributed by atoms with E-state index in [1.165, 1.54) is 16.9 Å². The average molecular weight is 374 g/mol. The molecule has 1 saturated heterocycles. The predicted molar refractivity (Wildman–Crippen MR) is 99.2 cm³/mol. The van der Waals surface area contributed by atoms with E-state index >= 15 is 0 Å². The van der Waals surface area contributed by atoms with Gasteiger partial charge < -0.3 is 9.84 Å². The monoisotopic (exact) mass is 374 g/mol. The molecule has 0 radical (unpaired) electrons. The second-order valence-corrected chi connectivity index (χ2v) is 7.20. The first-order chi connectivity index (χ1) is 12.6. The number of morpholine rings is 1. The van der Waals surface area contributed by atoms with E-state index in [2.05, 4.69) is 34.1 Å². The van der Waals surface area contributed by atoms with E-state index in [0.29, 0.717) is 5.69 Å². The normalized spacial score (nSPS) is 15.1. The molecule has 6 nitrogen and oxygen atoms in total. The Morgan fingerprint density at radius 1 is 1.15 bits per heavy atom. The molecular weight excluding hydrogens is 352 g/mol. The van der Waals surface area contributed by atoms with Crippen molar-refractivity contribution >= 4 is 23.1 Å². The number of rotatable bonds is 8. The van der Waals surface area contributed by atoms with Crippen LogP contribution in [-0.2, 0) is 27.3 Å². The predicted octanol–water partition coefficient (Wildman–Crippen LogP) is 2.62. The summed E-state index contributed by atoms with van der Waals surface area (Å²) in [7, 11) is 0. The second kappa shape index (κ2) is 9.02. The Morgan fingerprint density at radius 2 is 1.88 bits per heavy atom. The highest BCUT2D eigenvalue weighted by Crippen LogP contribution is 2.25. The van der Waals surface area contributed by atoms with Crippen molar-refractivity contribution in [1.82, 2.24) is 9.88 Å². The van der Waals surface area contributed by atoms with Crippen LogP contribution < -0.4 is 0 Å². The van der Waals surface area contributed by atoms with Gasteiger partial charge in [-0.15, -0.1) is 11.3 Å². The van der Waals surface area contributed by atoms with Gasteiger partial charge in [0.1, 0.15) is 10.8 Å². The number of benzene rings is 1. The van der Waals surface area contributed by atoms with E-state index in [4.69, 9.17) is 9.84 Å². The van der Waals surface area contributed by atoms with E-state index < -0.39 is 5.97 Å². The molecule has 2 aromatic rings. The summed E-state index contributed by atoms with van der Waals surface area (Å²) in [5.41, 5.74) is 3.00. The molecule has 3 rings (SSSR count). The van der Waals surface area contributed by atoms with Gasteiger partial charge in [0.05, 0.1) is 25.3 Å². The summed E-state index contributed by atoms with van der Waals surface area (Å²) in [5, 5.41) is 11.4. The Balaban J connectivity index is 1.56. The molecule has 1 N–H and O–H groups in total. The van der Waals surface area contributed by atoms with E-state index in [1.54, 1.807) is 0 Å². The van der Waals surface area contributed by atoms with Crippen LogP contribution in [0.3, 0.4) is 0 Å². The fraction of sp³-hybridized carbons (Fsp3) is 0.421. The second-order valence-electron chi connectivity index (χ2n) is 6.34. The minimum atomic E-state index is -0.950. The van der Waals surface area contributed by atoms with Crippen molar-refractivity contribution in [2.24, 2.45) is 0 Å². The highest BCUT2D eigenvalue weighted by atomic mass is 32.1. The zero-order valence-electron chi connectivity index (χ0n) is 14.5. The summed E-state index contributed by atoms with van der Waals surface area (Å²) >= 11 is 1.50. The first-order valence-corrected chi connectivity index (χ1v) is 9.55. The number of hydrogen-bond donors (Lipinski definition) is 1. The number of carboxylic acids is 1. The molecular formula is C19H22N2O4S. The molecule has 0 atom stereocenters. The van der Waals surface area contributed by atoms with Crippen LogP contribution in [0.5, 0.6) is 0 Å². The van der Waals surface area contributed by atoms with Crippen LogP contribution in [0.1, 0.15) is 24.1 Å². The van der Waals surface area contributed by atoms with Gasteiger partial charge in [0, 0.05) is 43.4 Å². The molecule has 0 amide bonds. The van der Waals surface area contributed by atoms with Gasteiger partial charge in [-0.2, -0.15) is 0 Å². The lowest BCUT2D eigenvalue weighted by Gasteiger charge is -2.26. The molecule has 0 aliphatic carbocycles. The molecule has 2 heterocycles. The summed E-state index contributed by atoms with van der Waals surface area (Å²) in [5.74, 6) is -1.04. The lowest BCUT2D eigenvalue weighted by molar-refractivity contribution is -0.138. The minimum Gasteiger partial charge on any atom is -0.481 e. The summed E-state index contributed by atoms with van der Waals surface area (Å²) in [6, 6.07) is 8.35. The molecule has 0 saturated carbocycles. The van der Waals surface area contributed by atoms with E-state index in [9.17, 15) is 9.59 Å². The van der Waals surface area contributed by atoms with Crippen molar-refractivity contribution in [2.45, 2.75) is 25.8 Å². The van der Waals surface area contributed by atoms with Crippen LogP contribution in [-0.4, -0.2) is 53.0 Å². The number of carbonyl (C=O) groups is 2. The maximum absolute atomic E-state index is 11.8. The molecule has 1 aromatic carbocycles. The largest absolute Gasteiger partial charge is 0.481 e. The van der Waals surface area contributed by atoms with Crippen molar-refractivity contribution in [3.8, 4) is 10.6 Å². The van der Waals surface area contributed by atoms with Crippen molar-refractivity contribution in [3.63, 3.8) is 0 Å². The zero-order valence-corrected chi connectivity index (χ0v) is 15.3. The smallest absolute Gasteiger partial charge is 0.303 e. The van der Waals surface area contributed by atoms with Crippen molar-refractivity contribution in [3.05, 3.63) is 40.9 Å². The number of hydrogen-bond acceptors (Lipinski definition) is 6. The molecule has 1 aliphatic heterocycles.